The molecule has 0 radical (unpaired) electrons. The van der Waals surface area contributed by atoms with Crippen LogP contribution in [0.5, 0.6) is 0 Å². The third kappa shape index (κ3) is 1.49. The Morgan fingerprint density at radius 3 is 2.33 bits per heavy atom. The van der Waals surface area contributed by atoms with E-state index in [0.29, 0.717) is 12.8 Å². The second kappa shape index (κ2) is 2.98. The van der Waals surface area contributed by atoms with E-state index < -0.39 is 5.60 Å². The standard InChI is InChI=1S/C9H16O3/c10-6-9(11)4-7-2-1-3-8(5-9)12-7/h7-8,10-11H,1-6H2/t7-,8+,9?. The summed E-state index contributed by atoms with van der Waals surface area (Å²) in [5.74, 6) is 0. The van der Waals surface area contributed by atoms with Crippen molar-refractivity contribution in [1.82, 2.24) is 0 Å². The lowest BCUT2D eigenvalue weighted by Crippen LogP contribution is -2.49. The summed E-state index contributed by atoms with van der Waals surface area (Å²) in [6.45, 7) is -0.122. The second-order valence-electron chi connectivity index (χ2n) is 4.10. The lowest BCUT2D eigenvalue weighted by atomic mass is 9.81. The first-order valence-corrected chi connectivity index (χ1v) is 4.70. The minimum Gasteiger partial charge on any atom is -0.393 e. The SMILES string of the molecule is OCC1(O)C[C@H]2CCC[C@@H](C1)O2. The Bertz CT molecular complexity index is 157. The van der Waals surface area contributed by atoms with Gasteiger partial charge in [-0.05, 0) is 19.3 Å². The van der Waals surface area contributed by atoms with Crippen LogP contribution in [0.15, 0.2) is 0 Å². The summed E-state index contributed by atoms with van der Waals surface area (Å²) in [4.78, 5) is 0. The van der Waals surface area contributed by atoms with Gasteiger partial charge in [0.05, 0.1) is 24.4 Å². The fourth-order valence-electron chi connectivity index (χ4n) is 2.34. The van der Waals surface area contributed by atoms with Crippen molar-refractivity contribution in [3.63, 3.8) is 0 Å². The molecule has 2 bridgehead atoms. The molecule has 12 heavy (non-hydrogen) atoms. The van der Waals surface area contributed by atoms with E-state index >= 15 is 0 Å². The molecular weight excluding hydrogens is 156 g/mol. The number of fused-ring (bicyclic) bond motifs is 2. The van der Waals surface area contributed by atoms with Crippen LogP contribution in [0.2, 0.25) is 0 Å². The molecule has 2 aliphatic heterocycles. The molecule has 3 heteroatoms. The highest BCUT2D eigenvalue weighted by Crippen LogP contribution is 2.36. The van der Waals surface area contributed by atoms with Crippen molar-refractivity contribution in [2.45, 2.75) is 49.9 Å². The molecule has 2 N–H and O–H groups in total. The highest BCUT2D eigenvalue weighted by atomic mass is 16.5. The van der Waals surface area contributed by atoms with Gasteiger partial charge in [0, 0.05) is 12.8 Å². The quantitative estimate of drug-likeness (QED) is 0.603. The van der Waals surface area contributed by atoms with Gasteiger partial charge in [0.25, 0.3) is 0 Å². The van der Waals surface area contributed by atoms with Gasteiger partial charge < -0.3 is 14.9 Å². The number of hydrogen-bond donors (Lipinski definition) is 2. The van der Waals surface area contributed by atoms with Gasteiger partial charge in [-0.1, -0.05) is 0 Å². The zero-order chi connectivity index (χ0) is 8.60. The first kappa shape index (κ1) is 8.48. The Balaban J connectivity index is 2.05. The van der Waals surface area contributed by atoms with Crippen molar-refractivity contribution >= 4 is 0 Å². The maximum Gasteiger partial charge on any atom is 0.0926 e. The molecule has 3 nitrogen and oxygen atoms in total. The largest absolute Gasteiger partial charge is 0.393 e. The molecule has 3 atom stereocenters. The molecule has 0 amide bonds. The summed E-state index contributed by atoms with van der Waals surface area (Å²) in [7, 11) is 0. The maximum absolute atomic E-state index is 9.86. The molecule has 2 heterocycles. The molecule has 0 aliphatic carbocycles. The fourth-order valence-corrected chi connectivity index (χ4v) is 2.34. The van der Waals surface area contributed by atoms with E-state index in [2.05, 4.69) is 0 Å². The van der Waals surface area contributed by atoms with Gasteiger partial charge in [-0.15, -0.1) is 0 Å². The summed E-state index contributed by atoms with van der Waals surface area (Å²) in [6, 6.07) is 0. The van der Waals surface area contributed by atoms with E-state index in [1.807, 2.05) is 0 Å². The van der Waals surface area contributed by atoms with Gasteiger partial charge in [0.1, 0.15) is 0 Å². The zero-order valence-corrected chi connectivity index (χ0v) is 7.20. The van der Waals surface area contributed by atoms with E-state index in [-0.39, 0.29) is 18.8 Å². The third-order valence-corrected chi connectivity index (χ3v) is 2.95. The van der Waals surface area contributed by atoms with Crippen molar-refractivity contribution in [3.05, 3.63) is 0 Å². The van der Waals surface area contributed by atoms with Crippen LogP contribution in [0, 0.1) is 0 Å². The van der Waals surface area contributed by atoms with E-state index in [4.69, 9.17) is 9.84 Å². The topological polar surface area (TPSA) is 49.7 Å². The van der Waals surface area contributed by atoms with Crippen LogP contribution in [0.4, 0.5) is 0 Å². The Labute approximate surface area is 72.3 Å². The Kier molecular flexibility index (Phi) is 2.10. The molecule has 2 rings (SSSR count). The smallest absolute Gasteiger partial charge is 0.0926 e. The molecule has 0 saturated carbocycles. The van der Waals surface area contributed by atoms with E-state index in [1.165, 1.54) is 6.42 Å². The van der Waals surface area contributed by atoms with Crippen LogP contribution < -0.4 is 0 Å². The highest BCUT2D eigenvalue weighted by Gasteiger charge is 2.41. The van der Waals surface area contributed by atoms with Crippen LogP contribution in [0.3, 0.4) is 0 Å². The minimum absolute atomic E-state index is 0.122. The molecule has 2 fully saturated rings. The lowest BCUT2D eigenvalue weighted by Gasteiger charge is -2.43. The Morgan fingerprint density at radius 1 is 1.25 bits per heavy atom. The lowest BCUT2D eigenvalue weighted by molar-refractivity contribution is -0.175. The monoisotopic (exact) mass is 172 g/mol. The normalized spacial score (nSPS) is 47.5. The predicted molar refractivity (Wildman–Crippen MR) is 43.8 cm³/mol. The van der Waals surface area contributed by atoms with E-state index in [9.17, 15) is 5.11 Å². The number of hydrogen-bond acceptors (Lipinski definition) is 3. The van der Waals surface area contributed by atoms with Crippen molar-refractivity contribution in [1.29, 1.82) is 0 Å². The third-order valence-electron chi connectivity index (χ3n) is 2.95. The van der Waals surface area contributed by atoms with Gasteiger partial charge >= 0.3 is 0 Å². The molecule has 0 aromatic rings. The maximum atomic E-state index is 9.86. The van der Waals surface area contributed by atoms with Gasteiger partial charge in [-0.25, -0.2) is 0 Å². The van der Waals surface area contributed by atoms with Crippen molar-refractivity contribution in [2.24, 2.45) is 0 Å². The molecule has 2 aliphatic rings. The summed E-state index contributed by atoms with van der Waals surface area (Å²) in [5.41, 5.74) is -0.853. The van der Waals surface area contributed by atoms with Gasteiger partial charge in [-0.2, -0.15) is 0 Å². The summed E-state index contributed by atoms with van der Waals surface area (Å²) < 4.78 is 5.65. The minimum atomic E-state index is -0.853. The number of aliphatic hydroxyl groups excluding tert-OH is 1. The van der Waals surface area contributed by atoms with Crippen molar-refractivity contribution in [2.75, 3.05) is 6.61 Å². The molecule has 0 aromatic carbocycles. The van der Waals surface area contributed by atoms with Crippen LogP contribution in [-0.4, -0.2) is 34.6 Å². The van der Waals surface area contributed by atoms with Gasteiger partial charge in [-0.3, -0.25) is 0 Å². The Morgan fingerprint density at radius 2 is 1.83 bits per heavy atom. The van der Waals surface area contributed by atoms with E-state index in [1.54, 1.807) is 0 Å². The van der Waals surface area contributed by atoms with Gasteiger partial charge in [0.15, 0.2) is 0 Å². The number of rotatable bonds is 1. The van der Waals surface area contributed by atoms with E-state index in [0.717, 1.165) is 12.8 Å². The molecular formula is C9H16O3. The number of ether oxygens (including phenoxy) is 1. The predicted octanol–water partition coefficient (Wildman–Crippen LogP) is 0.441. The van der Waals surface area contributed by atoms with Crippen LogP contribution in [0.25, 0.3) is 0 Å². The summed E-state index contributed by atoms with van der Waals surface area (Å²) in [6.07, 6.45) is 4.89. The first-order valence-electron chi connectivity index (χ1n) is 4.70. The molecule has 0 spiro atoms. The molecule has 70 valence electrons. The fraction of sp³-hybridized carbons (Fsp3) is 1.00. The zero-order valence-electron chi connectivity index (χ0n) is 7.20. The van der Waals surface area contributed by atoms with Gasteiger partial charge in [0.2, 0.25) is 0 Å². The average Bonchev–Trinajstić information content (AvgIpc) is 2.03. The number of aliphatic hydroxyl groups is 2. The average molecular weight is 172 g/mol. The molecule has 0 aromatic heterocycles. The molecule has 2 saturated heterocycles. The summed E-state index contributed by atoms with van der Waals surface area (Å²) >= 11 is 0. The second-order valence-corrected chi connectivity index (χ2v) is 4.10. The van der Waals surface area contributed by atoms with Crippen molar-refractivity contribution < 1.29 is 14.9 Å². The van der Waals surface area contributed by atoms with Crippen molar-refractivity contribution in [3.8, 4) is 0 Å². The molecule has 1 unspecified atom stereocenters. The Hall–Kier alpha value is -0.120. The summed E-state index contributed by atoms with van der Waals surface area (Å²) in [5, 5.41) is 18.9. The highest BCUT2D eigenvalue weighted by molar-refractivity contribution is 4.91. The van der Waals surface area contributed by atoms with Crippen LogP contribution >= 0.6 is 0 Å². The first-order chi connectivity index (χ1) is 5.72. The van der Waals surface area contributed by atoms with Crippen LogP contribution in [0.1, 0.15) is 32.1 Å². The van der Waals surface area contributed by atoms with Crippen LogP contribution in [-0.2, 0) is 4.74 Å².